The maximum Gasteiger partial charge on any atom is 0.407 e. The van der Waals surface area contributed by atoms with Crippen LogP contribution in [0.4, 0.5) is 9.59 Å². The average molecular weight is 815 g/mol. The van der Waals surface area contributed by atoms with Crippen molar-refractivity contribution in [2.45, 2.75) is 83.0 Å². The van der Waals surface area contributed by atoms with Crippen molar-refractivity contribution in [1.82, 2.24) is 40.4 Å². The van der Waals surface area contributed by atoms with E-state index in [1.807, 2.05) is 67.3 Å². The number of methoxy groups -OCH3 is 3. The van der Waals surface area contributed by atoms with Crippen molar-refractivity contribution >= 4 is 32.1 Å². The van der Waals surface area contributed by atoms with Crippen molar-refractivity contribution in [3.63, 3.8) is 0 Å². The van der Waals surface area contributed by atoms with Gasteiger partial charge in [-0.1, -0.05) is 39.1 Å². The number of imidazole rings is 2. The van der Waals surface area contributed by atoms with Gasteiger partial charge in [-0.3, -0.25) is 9.59 Å². The lowest BCUT2D eigenvalue weighted by Gasteiger charge is -2.31. The Hall–Kier alpha value is -5.68. The molecule has 4 amide bonds. The number of carbonyl (C=O) groups is 4. The fourth-order valence-electron chi connectivity index (χ4n) is 7.69. The van der Waals surface area contributed by atoms with Crippen molar-refractivity contribution in [3.8, 4) is 34.0 Å². The molecule has 6 rings (SSSR count). The van der Waals surface area contributed by atoms with Crippen LogP contribution in [-0.4, -0.2) is 114 Å². The highest BCUT2D eigenvalue weighted by atomic mass is 28.3. The predicted octanol–water partition coefficient (Wildman–Crippen LogP) is 6.19. The summed E-state index contributed by atoms with van der Waals surface area (Å²) in [6, 6.07) is 14.0. The van der Waals surface area contributed by atoms with Crippen LogP contribution in [0.25, 0.3) is 22.5 Å². The van der Waals surface area contributed by atoms with Gasteiger partial charge in [0.25, 0.3) is 0 Å². The Morgan fingerprint density at radius 3 is 2.00 bits per heavy atom. The van der Waals surface area contributed by atoms with Gasteiger partial charge in [-0.2, -0.15) is 0 Å². The molecule has 2 aromatic heterocycles. The van der Waals surface area contributed by atoms with Gasteiger partial charge in [-0.15, -0.1) is 0 Å². The molecular weight excluding hydrogens is 761 g/mol. The van der Waals surface area contributed by atoms with Crippen molar-refractivity contribution in [2.75, 3.05) is 34.0 Å². The lowest BCUT2D eigenvalue weighted by molar-refractivity contribution is -0.137. The summed E-state index contributed by atoms with van der Waals surface area (Å²) in [6.45, 7) is 10.6. The van der Waals surface area contributed by atoms with Crippen LogP contribution in [0, 0.1) is 5.92 Å². The quantitative estimate of drug-likeness (QED) is 0.113. The standard InChI is InChI=1S/C41H54N8O8Si/c1-24(2)34(46-40(52)55-5)38(50)48-18-10-13-32(48)36-42-21-31(45-36)27-11-9-12-29(19-27)57-28-16-14-26(15-17-28)30-20-43-37(44-30)33-22-58(7,8)23-49(33)39(51)35(25(3)54-4)47-41(53)56-6/h9,11-12,14-17,19-21,24-25,32-35H,10,13,18,22-23H2,1-8H3,(H,42,45)(H,43,44)(H,46,52)(H,47,53)/t25?,32-,33-,34-,35-/m0/s1. The minimum Gasteiger partial charge on any atom is -0.457 e. The first-order valence-corrected chi connectivity index (χ1v) is 22.9. The number of hydrogen-bond acceptors (Lipinski definition) is 10. The predicted molar refractivity (Wildman–Crippen MR) is 219 cm³/mol. The molecular formula is C41H54N8O8Si. The summed E-state index contributed by atoms with van der Waals surface area (Å²) in [5.74, 6) is 2.12. The van der Waals surface area contributed by atoms with Crippen LogP contribution in [0.3, 0.4) is 0 Å². The molecule has 17 heteroatoms. The first-order valence-electron chi connectivity index (χ1n) is 19.5. The first kappa shape index (κ1) is 41.9. The van der Waals surface area contributed by atoms with Gasteiger partial charge in [-0.25, -0.2) is 19.6 Å². The Morgan fingerprint density at radius 2 is 1.38 bits per heavy atom. The normalized spacial score (nSPS) is 19.1. The second-order valence-electron chi connectivity index (χ2n) is 16.0. The van der Waals surface area contributed by atoms with Crippen molar-refractivity contribution in [2.24, 2.45) is 5.92 Å². The zero-order valence-corrected chi connectivity index (χ0v) is 35.3. The Morgan fingerprint density at radius 1 is 0.776 bits per heavy atom. The molecule has 310 valence electrons. The van der Waals surface area contributed by atoms with Gasteiger partial charge in [0.05, 0.1) is 64.3 Å². The Balaban J connectivity index is 1.12. The molecule has 0 aliphatic carbocycles. The van der Waals surface area contributed by atoms with Gasteiger partial charge < -0.3 is 49.3 Å². The molecule has 4 heterocycles. The number of benzene rings is 2. The van der Waals surface area contributed by atoms with Crippen LogP contribution in [0.15, 0.2) is 60.9 Å². The average Bonchev–Trinajstić information content (AvgIpc) is 4.05. The molecule has 1 unspecified atom stereocenters. The summed E-state index contributed by atoms with van der Waals surface area (Å²) >= 11 is 0. The molecule has 0 saturated carbocycles. The number of ether oxygens (including phenoxy) is 4. The van der Waals surface area contributed by atoms with Crippen LogP contribution in [0.5, 0.6) is 11.5 Å². The van der Waals surface area contributed by atoms with Crippen molar-refractivity contribution in [3.05, 3.63) is 72.6 Å². The third-order valence-electron chi connectivity index (χ3n) is 10.9. The third-order valence-corrected chi connectivity index (χ3v) is 13.6. The summed E-state index contributed by atoms with van der Waals surface area (Å²) < 4.78 is 21.3. The zero-order valence-electron chi connectivity index (χ0n) is 34.3. The molecule has 16 nitrogen and oxygen atoms in total. The number of likely N-dealkylation sites (tertiary alicyclic amines) is 1. The smallest absolute Gasteiger partial charge is 0.407 e. The summed E-state index contributed by atoms with van der Waals surface area (Å²) in [4.78, 5) is 71.4. The SMILES string of the molecule is COC(=O)N[C@H](C(=O)N1CCC[C@H]1c1ncc(-c2cccc(Oc3ccc(-c4cnc([C@@H]5C[Si](C)(C)CN5C(=O)[C@@H](NC(=O)OC)C(C)OC)[nH]4)cc3)c2)[nH]1)C(C)C. The number of nitrogens with one attached hydrogen (secondary N) is 4. The molecule has 0 spiro atoms. The molecule has 0 bridgehead atoms. The Kier molecular flexibility index (Phi) is 12.9. The number of carbonyl (C=O) groups excluding carboxylic acids is 4. The van der Waals surface area contributed by atoms with Gasteiger partial charge >= 0.3 is 12.2 Å². The van der Waals surface area contributed by atoms with E-state index in [2.05, 4.69) is 38.7 Å². The number of amides is 4. The lowest BCUT2D eigenvalue weighted by atomic mass is 10.0. The number of aromatic nitrogens is 4. The maximum absolute atomic E-state index is 13.9. The van der Waals surface area contributed by atoms with E-state index in [0.717, 1.165) is 41.4 Å². The van der Waals surface area contributed by atoms with Crippen LogP contribution >= 0.6 is 0 Å². The van der Waals surface area contributed by atoms with E-state index in [4.69, 9.17) is 23.9 Å². The summed E-state index contributed by atoms with van der Waals surface area (Å²) in [5, 5.41) is 5.34. The van der Waals surface area contributed by atoms with E-state index in [9.17, 15) is 19.2 Å². The Bertz CT molecular complexity index is 2080. The molecule has 4 aromatic rings. The lowest BCUT2D eigenvalue weighted by Crippen LogP contribution is -2.54. The summed E-state index contributed by atoms with van der Waals surface area (Å²) in [5.41, 5.74) is 3.36. The highest BCUT2D eigenvalue weighted by molar-refractivity contribution is 6.78. The van der Waals surface area contributed by atoms with Gasteiger partial charge in [0.1, 0.15) is 35.2 Å². The van der Waals surface area contributed by atoms with Gasteiger partial charge in [-0.05, 0) is 73.7 Å². The number of aromatic amines is 2. The molecule has 5 atom stereocenters. The number of H-pyrrole nitrogens is 2. The fraction of sp³-hybridized carbons (Fsp3) is 0.463. The third kappa shape index (κ3) is 9.36. The van der Waals surface area contributed by atoms with Crippen molar-refractivity contribution < 1.29 is 38.1 Å². The molecule has 0 radical (unpaired) electrons. The highest BCUT2D eigenvalue weighted by Gasteiger charge is 2.46. The van der Waals surface area contributed by atoms with E-state index in [1.54, 1.807) is 24.2 Å². The van der Waals surface area contributed by atoms with Crippen molar-refractivity contribution in [1.29, 1.82) is 0 Å². The number of rotatable bonds is 13. The van der Waals surface area contributed by atoms with Crippen LogP contribution < -0.4 is 15.4 Å². The van der Waals surface area contributed by atoms with Gasteiger partial charge in [0.15, 0.2) is 0 Å². The molecule has 58 heavy (non-hydrogen) atoms. The maximum atomic E-state index is 13.9. The molecule has 2 aromatic carbocycles. The Labute approximate surface area is 339 Å². The van der Waals surface area contributed by atoms with Crippen LogP contribution in [0.1, 0.15) is 57.3 Å². The van der Waals surface area contributed by atoms with E-state index in [-0.39, 0.29) is 29.8 Å². The van der Waals surface area contributed by atoms with Crippen LogP contribution in [-0.2, 0) is 23.8 Å². The molecule has 2 aliphatic heterocycles. The van der Waals surface area contributed by atoms with E-state index in [1.165, 1.54) is 21.3 Å². The highest BCUT2D eigenvalue weighted by Crippen LogP contribution is 2.38. The molecule has 2 saturated heterocycles. The summed E-state index contributed by atoms with van der Waals surface area (Å²) in [7, 11) is 2.24. The zero-order chi connectivity index (χ0) is 41.7. The topological polar surface area (TPSA) is 193 Å². The fourth-order valence-corrected chi connectivity index (χ4v) is 10.6. The van der Waals surface area contributed by atoms with E-state index >= 15 is 0 Å². The second-order valence-corrected chi connectivity index (χ2v) is 21.0. The minimum atomic E-state index is -1.81. The minimum absolute atomic E-state index is 0.123. The molecule has 4 N–H and O–H groups in total. The number of alkyl carbamates (subject to hydrolysis) is 2. The molecule has 2 aliphatic rings. The van der Waals surface area contributed by atoms with E-state index < -0.39 is 38.4 Å². The van der Waals surface area contributed by atoms with Crippen LogP contribution in [0.2, 0.25) is 19.1 Å². The van der Waals surface area contributed by atoms with Gasteiger partial charge in [0, 0.05) is 25.4 Å². The molecule has 2 fully saturated rings. The number of hydrogen-bond donors (Lipinski definition) is 4. The largest absolute Gasteiger partial charge is 0.457 e. The van der Waals surface area contributed by atoms with E-state index in [0.29, 0.717) is 35.9 Å². The second kappa shape index (κ2) is 17.8. The van der Waals surface area contributed by atoms with Gasteiger partial charge in [0.2, 0.25) is 11.8 Å². The monoisotopic (exact) mass is 814 g/mol. The number of nitrogens with zero attached hydrogens (tertiary/aromatic N) is 4. The summed E-state index contributed by atoms with van der Waals surface area (Å²) in [6.07, 6.45) is 3.83. The first-order chi connectivity index (χ1) is 27.7.